The van der Waals surface area contributed by atoms with Gasteiger partial charge in [0.15, 0.2) is 0 Å². The average Bonchev–Trinajstić information content (AvgIpc) is 3.57. The normalized spacial score (nSPS) is 16.1. The zero-order valence-electron chi connectivity index (χ0n) is 17.7. The molecule has 0 radical (unpaired) electrons. The summed E-state index contributed by atoms with van der Waals surface area (Å²) in [5.41, 5.74) is 5.77. The third-order valence-corrected chi connectivity index (χ3v) is 5.82. The minimum Gasteiger partial charge on any atom is -0.401 e. The molecule has 0 fully saturated rings. The molecule has 5 aromatic heterocycles. The molecule has 1 atom stereocenters. The van der Waals surface area contributed by atoms with Crippen LogP contribution in [0.25, 0.3) is 17.1 Å². The summed E-state index contributed by atoms with van der Waals surface area (Å²) >= 11 is 0. The van der Waals surface area contributed by atoms with Crippen molar-refractivity contribution in [1.82, 2.24) is 39.7 Å². The molecule has 1 aliphatic heterocycles. The van der Waals surface area contributed by atoms with E-state index in [2.05, 4.69) is 61.0 Å². The van der Waals surface area contributed by atoms with Crippen molar-refractivity contribution in [1.29, 1.82) is 0 Å². The van der Waals surface area contributed by atoms with Gasteiger partial charge in [0.05, 0.1) is 29.4 Å². The smallest absolute Gasteiger partial charge is 0.319 e. The highest BCUT2D eigenvalue weighted by atomic mass is 16.4. The van der Waals surface area contributed by atoms with Gasteiger partial charge in [-0.1, -0.05) is 25.0 Å². The number of aromatic nitrogens is 8. The van der Waals surface area contributed by atoms with Gasteiger partial charge >= 0.3 is 6.01 Å². The number of nitrogens with one attached hydrogen (secondary N) is 1. The van der Waals surface area contributed by atoms with Crippen molar-refractivity contribution >= 4 is 11.5 Å². The summed E-state index contributed by atoms with van der Waals surface area (Å²) in [4.78, 5) is 18.3. The fourth-order valence-corrected chi connectivity index (χ4v) is 4.30. The van der Waals surface area contributed by atoms with Crippen LogP contribution in [0.3, 0.4) is 0 Å². The van der Waals surface area contributed by atoms with Crippen molar-refractivity contribution in [3.05, 3.63) is 72.0 Å². The number of aromatic amines is 1. The van der Waals surface area contributed by atoms with Crippen molar-refractivity contribution in [3.63, 3.8) is 0 Å². The topological polar surface area (TPSA) is 114 Å². The minimum atomic E-state index is -0.250. The number of pyridine rings is 1. The molecule has 32 heavy (non-hydrogen) atoms. The van der Waals surface area contributed by atoms with Gasteiger partial charge in [0.25, 0.3) is 5.89 Å². The molecule has 160 valence electrons. The van der Waals surface area contributed by atoms with E-state index in [0.717, 1.165) is 29.0 Å². The van der Waals surface area contributed by atoms with Gasteiger partial charge < -0.3 is 14.3 Å². The van der Waals surface area contributed by atoms with Gasteiger partial charge in [-0.15, -0.1) is 5.10 Å². The molecule has 6 heterocycles. The van der Waals surface area contributed by atoms with E-state index in [0.29, 0.717) is 30.1 Å². The van der Waals surface area contributed by atoms with Gasteiger partial charge in [0, 0.05) is 37.3 Å². The van der Waals surface area contributed by atoms with E-state index >= 15 is 0 Å². The number of H-pyrrole nitrogens is 1. The second kappa shape index (κ2) is 7.26. The summed E-state index contributed by atoms with van der Waals surface area (Å²) in [6.07, 6.45) is 9.31. The molecule has 0 bridgehead atoms. The highest BCUT2D eigenvalue weighted by Crippen LogP contribution is 2.37. The first kappa shape index (κ1) is 18.7. The molecule has 1 aliphatic rings. The van der Waals surface area contributed by atoms with Crippen molar-refractivity contribution in [2.45, 2.75) is 32.2 Å². The fraction of sp³-hybridized carbons (Fsp3) is 0.273. The van der Waals surface area contributed by atoms with Gasteiger partial charge in [0.2, 0.25) is 0 Å². The second-order valence-corrected chi connectivity index (χ2v) is 8.11. The Bertz CT molecular complexity index is 1380. The maximum Gasteiger partial charge on any atom is 0.319 e. The second-order valence-electron chi connectivity index (χ2n) is 8.11. The molecule has 10 nitrogen and oxygen atoms in total. The first-order valence-electron chi connectivity index (χ1n) is 10.6. The zero-order chi connectivity index (χ0) is 21.7. The molecule has 0 amide bonds. The lowest BCUT2D eigenvalue weighted by molar-refractivity contribution is 0.502. The standard InChI is InChI=1S/C22H21N9O/c1-13(2)14-4-3-8-31-18(14)10-16(29-31)20-19-15(25-12-26-19)5-9-30(20)22-28-27-21(32-22)17-11-23-6-7-24-17/h3-4,6-8,10-13,20H,5,9H2,1-2H3,(H,25,26). The number of hydrogen-bond acceptors (Lipinski definition) is 8. The van der Waals surface area contributed by atoms with Crippen LogP contribution in [0.1, 0.15) is 48.5 Å². The summed E-state index contributed by atoms with van der Waals surface area (Å²) < 4.78 is 7.95. The zero-order valence-corrected chi connectivity index (χ0v) is 17.7. The molecule has 0 saturated carbocycles. The molecule has 10 heteroatoms. The number of rotatable bonds is 4. The highest BCUT2D eigenvalue weighted by molar-refractivity contribution is 5.59. The Morgan fingerprint density at radius 2 is 2.12 bits per heavy atom. The van der Waals surface area contributed by atoms with Crippen molar-refractivity contribution in [2.24, 2.45) is 0 Å². The fourth-order valence-electron chi connectivity index (χ4n) is 4.30. The van der Waals surface area contributed by atoms with Crippen molar-refractivity contribution in [3.8, 4) is 11.6 Å². The summed E-state index contributed by atoms with van der Waals surface area (Å²) in [5.74, 6) is 0.717. The first-order chi connectivity index (χ1) is 15.7. The third-order valence-electron chi connectivity index (χ3n) is 5.82. The molecular formula is C22H21N9O. The third kappa shape index (κ3) is 2.95. The molecule has 1 unspecified atom stereocenters. The highest BCUT2D eigenvalue weighted by Gasteiger charge is 2.36. The van der Waals surface area contributed by atoms with Gasteiger partial charge in [-0.25, -0.2) is 14.5 Å². The number of hydrogen-bond donors (Lipinski definition) is 1. The Hall–Kier alpha value is -4.08. The van der Waals surface area contributed by atoms with Crippen LogP contribution in [0.5, 0.6) is 0 Å². The van der Waals surface area contributed by atoms with Gasteiger partial charge in [0.1, 0.15) is 11.7 Å². The Labute approximate surface area is 183 Å². The Morgan fingerprint density at radius 3 is 2.97 bits per heavy atom. The van der Waals surface area contributed by atoms with E-state index in [4.69, 9.17) is 9.52 Å². The van der Waals surface area contributed by atoms with Crippen molar-refractivity contribution < 1.29 is 4.42 Å². The molecule has 6 rings (SSSR count). The van der Waals surface area contributed by atoms with Crippen molar-refractivity contribution in [2.75, 3.05) is 11.4 Å². The van der Waals surface area contributed by atoms with E-state index in [1.54, 1.807) is 24.9 Å². The molecule has 0 saturated heterocycles. The van der Waals surface area contributed by atoms with Crippen LogP contribution in [-0.4, -0.2) is 46.3 Å². The monoisotopic (exact) mass is 427 g/mol. The lowest BCUT2D eigenvalue weighted by Crippen LogP contribution is -2.36. The number of anilines is 1. The van der Waals surface area contributed by atoms with Crippen LogP contribution in [0, 0.1) is 0 Å². The molecular weight excluding hydrogens is 406 g/mol. The maximum atomic E-state index is 6.02. The Balaban J connectivity index is 1.46. The average molecular weight is 427 g/mol. The summed E-state index contributed by atoms with van der Waals surface area (Å²) in [6, 6.07) is 6.47. The first-order valence-corrected chi connectivity index (χ1v) is 10.6. The van der Waals surface area contributed by atoms with Gasteiger partial charge in [-0.05, 0) is 23.6 Å². The largest absolute Gasteiger partial charge is 0.401 e. The predicted octanol–water partition coefficient (Wildman–Crippen LogP) is 3.17. The molecule has 0 aromatic carbocycles. The number of fused-ring (bicyclic) bond motifs is 2. The van der Waals surface area contributed by atoms with Crippen LogP contribution >= 0.6 is 0 Å². The van der Waals surface area contributed by atoms with Crippen LogP contribution in [0.15, 0.2) is 53.7 Å². The number of imidazole rings is 1. The van der Waals surface area contributed by atoms with Gasteiger partial charge in [-0.2, -0.15) is 5.10 Å². The maximum absolute atomic E-state index is 6.02. The van der Waals surface area contributed by atoms with Gasteiger partial charge in [-0.3, -0.25) is 4.98 Å². The van der Waals surface area contributed by atoms with Crippen LogP contribution in [0.2, 0.25) is 0 Å². The van der Waals surface area contributed by atoms with Crippen LogP contribution in [-0.2, 0) is 6.42 Å². The van der Waals surface area contributed by atoms with E-state index in [9.17, 15) is 0 Å². The van der Waals surface area contributed by atoms with E-state index in [1.807, 2.05) is 16.8 Å². The Kier molecular flexibility index (Phi) is 4.23. The molecule has 5 aromatic rings. The van der Waals surface area contributed by atoms with Crippen LogP contribution in [0.4, 0.5) is 6.01 Å². The lowest BCUT2D eigenvalue weighted by Gasteiger charge is -2.32. The molecule has 0 spiro atoms. The summed E-state index contributed by atoms with van der Waals surface area (Å²) in [5, 5.41) is 13.4. The summed E-state index contributed by atoms with van der Waals surface area (Å²) in [7, 11) is 0. The van der Waals surface area contributed by atoms with E-state index < -0.39 is 0 Å². The SMILES string of the molecule is CC(C)c1cccn2nc(C3c4nc[nH]c4CCN3c3nnc(-c4cnccn4)o3)cc12. The number of nitrogens with zero attached hydrogens (tertiary/aromatic N) is 8. The Morgan fingerprint density at radius 1 is 1.19 bits per heavy atom. The lowest BCUT2D eigenvalue weighted by atomic mass is 9.99. The molecule has 0 aliphatic carbocycles. The summed E-state index contributed by atoms with van der Waals surface area (Å²) in [6.45, 7) is 5.06. The predicted molar refractivity (Wildman–Crippen MR) is 116 cm³/mol. The van der Waals surface area contributed by atoms with Crippen LogP contribution < -0.4 is 4.90 Å². The quantitative estimate of drug-likeness (QED) is 0.465. The molecule has 1 N–H and O–H groups in total. The minimum absolute atomic E-state index is 0.250. The van der Waals surface area contributed by atoms with E-state index in [-0.39, 0.29) is 6.04 Å². The van der Waals surface area contributed by atoms with E-state index in [1.165, 1.54) is 5.56 Å².